The second-order valence-corrected chi connectivity index (χ2v) is 3.25. The lowest BCUT2D eigenvalue weighted by Crippen LogP contribution is -2.15. The van der Waals surface area contributed by atoms with Crippen molar-refractivity contribution in [1.29, 1.82) is 5.26 Å². The highest BCUT2D eigenvalue weighted by Gasteiger charge is 2.09. The Labute approximate surface area is 77.6 Å². The minimum Gasteiger partial charge on any atom is -0.332 e. The third kappa shape index (κ3) is 2.19. The van der Waals surface area contributed by atoms with Crippen molar-refractivity contribution in [2.45, 2.75) is 20.4 Å². The second-order valence-electron chi connectivity index (χ2n) is 3.25. The number of aromatic nitrogens is 1. The Morgan fingerprint density at radius 3 is 2.92 bits per heavy atom. The van der Waals surface area contributed by atoms with Gasteiger partial charge in [-0.3, -0.25) is 4.79 Å². The Hall–Kier alpha value is -1.56. The topological polar surface area (TPSA) is 45.8 Å². The SMILES string of the molecule is CC(C)C(=O)Cn1cccc1C#N. The Balaban J connectivity index is 2.76. The lowest BCUT2D eigenvalue weighted by atomic mass is 10.1. The van der Waals surface area contributed by atoms with Crippen LogP contribution in [0, 0.1) is 17.2 Å². The quantitative estimate of drug-likeness (QED) is 0.702. The summed E-state index contributed by atoms with van der Waals surface area (Å²) in [5.41, 5.74) is 0.536. The molecule has 0 atom stereocenters. The van der Waals surface area contributed by atoms with Gasteiger partial charge in [0.2, 0.25) is 0 Å². The standard InChI is InChI=1S/C10H12N2O/c1-8(2)10(13)7-12-5-3-4-9(12)6-11/h3-5,8H,7H2,1-2H3. The first kappa shape index (κ1) is 9.53. The zero-order chi connectivity index (χ0) is 9.84. The summed E-state index contributed by atoms with van der Waals surface area (Å²) in [6, 6.07) is 5.50. The molecule has 0 aliphatic rings. The van der Waals surface area contributed by atoms with Gasteiger partial charge in [0.25, 0.3) is 0 Å². The summed E-state index contributed by atoms with van der Waals surface area (Å²) in [5, 5.41) is 8.68. The van der Waals surface area contributed by atoms with Crippen LogP contribution in [-0.2, 0) is 11.3 Å². The Morgan fingerprint density at radius 1 is 1.69 bits per heavy atom. The van der Waals surface area contributed by atoms with Gasteiger partial charge in [-0.1, -0.05) is 13.8 Å². The number of Topliss-reactive ketones (excluding diaryl/α,β-unsaturated/α-hetero) is 1. The average molecular weight is 176 g/mol. The van der Waals surface area contributed by atoms with Crippen molar-refractivity contribution >= 4 is 5.78 Å². The molecule has 0 saturated heterocycles. The predicted molar refractivity (Wildman–Crippen MR) is 49.0 cm³/mol. The van der Waals surface area contributed by atoms with E-state index in [0.717, 1.165) is 0 Å². The van der Waals surface area contributed by atoms with E-state index in [-0.39, 0.29) is 11.7 Å². The number of hydrogen-bond acceptors (Lipinski definition) is 2. The van der Waals surface area contributed by atoms with E-state index in [1.165, 1.54) is 0 Å². The summed E-state index contributed by atoms with van der Waals surface area (Å²) in [4.78, 5) is 11.3. The molecule has 1 aromatic rings. The maximum Gasteiger partial charge on any atom is 0.155 e. The number of nitrogens with zero attached hydrogens (tertiary/aromatic N) is 2. The van der Waals surface area contributed by atoms with Crippen molar-refractivity contribution in [3.8, 4) is 6.07 Å². The maximum atomic E-state index is 11.3. The largest absolute Gasteiger partial charge is 0.332 e. The van der Waals surface area contributed by atoms with E-state index in [2.05, 4.69) is 0 Å². The van der Waals surface area contributed by atoms with Gasteiger partial charge in [0, 0.05) is 12.1 Å². The van der Waals surface area contributed by atoms with E-state index >= 15 is 0 Å². The Bertz CT molecular complexity index is 344. The number of hydrogen-bond donors (Lipinski definition) is 0. The number of rotatable bonds is 3. The monoisotopic (exact) mass is 176 g/mol. The normalized spacial score (nSPS) is 10.0. The zero-order valence-electron chi connectivity index (χ0n) is 7.82. The van der Waals surface area contributed by atoms with E-state index in [1.54, 1.807) is 22.9 Å². The van der Waals surface area contributed by atoms with E-state index in [1.807, 2.05) is 19.9 Å². The molecule has 13 heavy (non-hydrogen) atoms. The molecule has 0 N–H and O–H groups in total. The number of ketones is 1. The van der Waals surface area contributed by atoms with Crippen LogP contribution in [0.25, 0.3) is 0 Å². The summed E-state index contributed by atoms with van der Waals surface area (Å²) < 4.78 is 1.67. The zero-order valence-corrected chi connectivity index (χ0v) is 7.82. The van der Waals surface area contributed by atoms with Gasteiger partial charge in [0.15, 0.2) is 5.78 Å². The van der Waals surface area contributed by atoms with Crippen LogP contribution in [-0.4, -0.2) is 10.4 Å². The van der Waals surface area contributed by atoms with E-state index in [0.29, 0.717) is 12.2 Å². The summed E-state index contributed by atoms with van der Waals surface area (Å²) in [6.45, 7) is 4.02. The minimum atomic E-state index is 0.0222. The van der Waals surface area contributed by atoms with Gasteiger partial charge in [-0.2, -0.15) is 5.26 Å². The predicted octanol–water partition coefficient (Wildman–Crippen LogP) is 1.58. The molecule has 0 spiro atoms. The lowest BCUT2D eigenvalue weighted by Gasteiger charge is -2.05. The van der Waals surface area contributed by atoms with Crippen LogP contribution in [0.1, 0.15) is 19.5 Å². The molecule has 0 saturated carbocycles. The maximum absolute atomic E-state index is 11.3. The van der Waals surface area contributed by atoms with Crippen LogP contribution in [0.15, 0.2) is 18.3 Å². The second kappa shape index (κ2) is 3.90. The molecule has 0 amide bonds. The molecule has 3 heteroatoms. The van der Waals surface area contributed by atoms with Gasteiger partial charge in [0.1, 0.15) is 11.8 Å². The first-order valence-corrected chi connectivity index (χ1v) is 4.23. The highest BCUT2D eigenvalue weighted by atomic mass is 16.1. The van der Waals surface area contributed by atoms with Gasteiger partial charge in [-0.15, -0.1) is 0 Å². The van der Waals surface area contributed by atoms with Crippen molar-refractivity contribution in [3.63, 3.8) is 0 Å². The third-order valence-corrected chi connectivity index (χ3v) is 1.91. The summed E-state index contributed by atoms with van der Waals surface area (Å²) in [5.74, 6) is 0.168. The lowest BCUT2D eigenvalue weighted by molar-refractivity contribution is -0.122. The van der Waals surface area contributed by atoms with Crippen molar-refractivity contribution < 1.29 is 4.79 Å². The number of carbonyl (C=O) groups excluding carboxylic acids is 1. The molecule has 1 heterocycles. The van der Waals surface area contributed by atoms with Gasteiger partial charge >= 0.3 is 0 Å². The summed E-state index contributed by atoms with van der Waals surface area (Å²) >= 11 is 0. The van der Waals surface area contributed by atoms with Crippen LogP contribution < -0.4 is 0 Å². The highest BCUT2D eigenvalue weighted by molar-refractivity contribution is 5.80. The van der Waals surface area contributed by atoms with Crippen molar-refractivity contribution in [1.82, 2.24) is 4.57 Å². The molecule has 0 aromatic carbocycles. The first-order valence-electron chi connectivity index (χ1n) is 4.23. The summed E-state index contributed by atoms with van der Waals surface area (Å²) in [6.07, 6.45) is 1.75. The average Bonchev–Trinajstić information content (AvgIpc) is 2.51. The van der Waals surface area contributed by atoms with Crippen LogP contribution >= 0.6 is 0 Å². The fourth-order valence-electron chi connectivity index (χ4n) is 1.00. The molecular formula is C10H12N2O. The van der Waals surface area contributed by atoms with E-state index in [9.17, 15) is 4.79 Å². The smallest absolute Gasteiger partial charge is 0.155 e. The molecule has 0 aliphatic heterocycles. The molecule has 0 fully saturated rings. The van der Waals surface area contributed by atoms with Crippen molar-refractivity contribution in [3.05, 3.63) is 24.0 Å². The van der Waals surface area contributed by atoms with E-state index in [4.69, 9.17) is 5.26 Å². The molecule has 3 nitrogen and oxygen atoms in total. The van der Waals surface area contributed by atoms with Gasteiger partial charge in [-0.25, -0.2) is 0 Å². The molecule has 1 aromatic heterocycles. The molecule has 0 bridgehead atoms. The Kier molecular flexibility index (Phi) is 2.86. The number of nitriles is 1. The van der Waals surface area contributed by atoms with E-state index < -0.39 is 0 Å². The van der Waals surface area contributed by atoms with Crippen molar-refractivity contribution in [2.24, 2.45) is 5.92 Å². The molecule has 0 aliphatic carbocycles. The van der Waals surface area contributed by atoms with Crippen molar-refractivity contribution in [2.75, 3.05) is 0 Å². The molecule has 1 rings (SSSR count). The first-order chi connectivity index (χ1) is 6.15. The minimum absolute atomic E-state index is 0.0222. The van der Waals surface area contributed by atoms with Crippen LogP contribution in [0.3, 0.4) is 0 Å². The molecule has 0 unspecified atom stereocenters. The van der Waals surface area contributed by atoms with Gasteiger partial charge in [-0.05, 0) is 12.1 Å². The third-order valence-electron chi connectivity index (χ3n) is 1.91. The van der Waals surface area contributed by atoms with Crippen LogP contribution in [0.2, 0.25) is 0 Å². The van der Waals surface area contributed by atoms with Crippen LogP contribution in [0.5, 0.6) is 0 Å². The Morgan fingerprint density at radius 2 is 2.38 bits per heavy atom. The molecular weight excluding hydrogens is 164 g/mol. The fraction of sp³-hybridized carbons (Fsp3) is 0.400. The fourth-order valence-corrected chi connectivity index (χ4v) is 1.00. The number of carbonyl (C=O) groups is 1. The van der Waals surface area contributed by atoms with Crippen LogP contribution in [0.4, 0.5) is 0 Å². The van der Waals surface area contributed by atoms with Gasteiger partial charge in [0.05, 0.1) is 6.54 Å². The molecule has 68 valence electrons. The summed E-state index contributed by atoms with van der Waals surface area (Å²) in [7, 11) is 0. The highest BCUT2D eigenvalue weighted by Crippen LogP contribution is 2.03. The molecule has 0 radical (unpaired) electrons. The van der Waals surface area contributed by atoms with Gasteiger partial charge < -0.3 is 4.57 Å².